The van der Waals surface area contributed by atoms with Crippen molar-refractivity contribution >= 4 is 16.5 Å². The molecule has 102 valence electrons. The third-order valence-electron chi connectivity index (χ3n) is 2.59. The average Bonchev–Trinajstić information content (AvgIpc) is 2.88. The van der Waals surface area contributed by atoms with Crippen LogP contribution in [0.25, 0.3) is 11.4 Å². The fraction of sp³-hybridized carbons (Fsp3) is 0.462. The maximum absolute atomic E-state index is 11.6. The van der Waals surface area contributed by atoms with E-state index in [0.29, 0.717) is 6.54 Å². The van der Waals surface area contributed by atoms with E-state index in [0.717, 1.165) is 35.9 Å². The average molecular weight is 278 g/mol. The van der Waals surface area contributed by atoms with Crippen LogP contribution >= 0.6 is 11.3 Å². The van der Waals surface area contributed by atoms with Crippen molar-refractivity contribution in [1.29, 1.82) is 0 Å². The minimum atomic E-state index is -0.0647. The molecular weight excluding hydrogens is 260 g/mol. The number of hydrogen-bond acceptors (Lipinski definition) is 5. The van der Waals surface area contributed by atoms with Gasteiger partial charge in [0.05, 0.1) is 0 Å². The summed E-state index contributed by atoms with van der Waals surface area (Å²) in [6, 6.07) is 3.28. The highest BCUT2D eigenvalue weighted by Crippen LogP contribution is 2.22. The van der Waals surface area contributed by atoms with Crippen molar-refractivity contribution in [2.24, 2.45) is 0 Å². The highest BCUT2D eigenvalue weighted by molar-refractivity contribution is 7.14. The molecule has 0 atom stereocenters. The SMILES string of the molecule is CCCNc1nc(-c2ccc(=O)n(CCC)n2)cs1. The molecule has 0 aliphatic carbocycles. The number of anilines is 1. The lowest BCUT2D eigenvalue weighted by Crippen LogP contribution is -2.22. The second-order valence-electron chi connectivity index (χ2n) is 4.24. The van der Waals surface area contributed by atoms with Crippen LogP contribution in [0.1, 0.15) is 26.7 Å². The van der Waals surface area contributed by atoms with Crippen LogP contribution in [-0.4, -0.2) is 21.3 Å². The van der Waals surface area contributed by atoms with Crippen LogP contribution in [0.15, 0.2) is 22.3 Å². The van der Waals surface area contributed by atoms with Gasteiger partial charge in [-0.3, -0.25) is 4.79 Å². The number of hydrogen-bond donors (Lipinski definition) is 1. The van der Waals surface area contributed by atoms with Crippen molar-refractivity contribution in [1.82, 2.24) is 14.8 Å². The van der Waals surface area contributed by atoms with Crippen molar-refractivity contribution in [2.45, 2.75) is 33.2 Å². The molecule has 1 N–H and O–H groups in total. The first-order chi connectivity index (χ1) is 9.24. The molecule has 2 aromatic heterocycles. The van der Waals surface area contributed by atoms with Crippen molar-refractivity contribution in [2.75, 3.05) is 11.9 Å². The molecule has 0 aromatic carbocycles. The Morgan fingerprint density at radius 3 is 2.84 bits per heavy atom. The molecule has 0 radical (unpaired) electrons. The lowest BCUT2D eigenvalue weighted by Gasteiger charge is -2.03. The Labute approximate surface area is 116 Å². The van der Waals surface area contributed by atoms with Gasteiger partial charge in [0.2, 0.25) is 0 Å². The Kier molecular flexibility index (Phi) is 4.68. The van der Waals surface area contributed by atoms with Gasteiger partial charge < -0.3 is 5.32 Å². The van der Waals surface area contributed by atoms with Gasteiger partial charge >= 0.3 is 0 Å². The second kappa shape index (κ2) is 6.47. The quantitative estimate of drug-likeness (QED) is 0.882. The lowest BCUT2D eigenvalue weighted by atomic mass is 10.3. The Morgan fingerprint density at radius 2 is 2.11 bits per heavy atom. The molecule has 6 heteroatoms. The molecule has 0 aliphatic rings. The van der Waals surface area contributed by atoms with Gasteiger partial charge in [-0.15, -0.1) is 11.3 Å². The fourth-order valence-electron chi connectivity index (χ4n) is 1.66. The second-order valence-corrected chi connectivity index (χ2v) is 5.10. The van der Waals surface area contributed by atoms with Gasteiger partial charge in [-0.1, -0.05) is 13.8 Å². The fourth-order valence-corrected chi connectivity index (χ4v) is 2.40. The van der Waals surface area contributed by atoms with E-state index in [1.807, 2.05) is 12.3 Å². The molecule has 2 heterocycles. The van der Waals surface area contributed by atoms with Gasteiger partial charge in [-0.05, 0) is 18.9 Å². The zero-order valence-electron chi connectivity index (χ0n) is 11.2. The van der Waals surface area contributed by atoms with E-state index >= 15 is 0 Å². The summed E-state index contributed by atoms with van der Waals surface area (Å²) in [7, 11) is 0. The largest absolute Gasteiger partial charge is 0.362 e. The minimum Gasteiger partial charge on any atom is -0.362 e. The molecule has 0 saturated carbocycles. The molecule has 2 aromatic rings. The van der Waals surface area contributed by atoms with Crippen LogP contribution < -0.4 is 10.9 Å². The highest BCUT2D eigenvalue weighted by Gasteiger charge is 2.07. The number of thiazole rings is 1. The maximum Gasteiger partial charge on any atom is 0.266 e. The molecule has 0 amide bonds. The normalized spacial score (nSPS) is 10.6. The van der Waals surface area contributed by atoms with Crippen molar-refractivity contribution in [3.05, 3.63) is 27.9 Å². The predicted octanol–water partition coefficient (Wildman–Crippen LogP) is 2.60. The van der Waals surface area contributed by atoms with Crippen molar-refractivity contribution in [3.8, 4) is 11.4 Å². The topological polar surface area (TPSA) is 59.8 Å². The Hall–Kier alpha value is -1.69. The van der Waals surface area contributed by atoms with Gasteiger partial charge in [-0.25, -0.2) is 9.67 Å². The number of nitrogens with one attached hydrogen (secondary N) is 1. The van der Waals surface area contributed by atoms with Crippen LogP contribution in [-0.2, 0) is 6.54 Å². The van der Waals surface area contributed by atoms with E-state index in [-0.39, 0.29) is 5.56 Å². The molecule has 0 aliphatic heterocycles. The van der Waals surface area contributed by atoms with Crippen LogP contribution in [0, 0.1) is 0 Å². The van der Waals surface area contributed by atoms with Crippen molar-refractivity contribution < 1.29 is 0 Å². The van der Waals surface area contributed by atoms with E-state index in [4.69, 9.17) is 0 Å². The highest BCUT2D eigenvalue weighted by atomic mass is 32.1. The standard InChI is InChI=1S/C13H18N4OS/c1-3-7-14-13-15-11(9-19-13)10-5-6-12(18)17(16-10)8-4-2/h5-6,9H,3-4,7-8H2,1-2H3,(H,14,15). The smallest absolute Gasteiger partial charge is 0.266 e. The molecule has 0 bridgehead atoms. The predicted molar refractivity (Wildman–Crippen MR) is 78.7 cm³/mol. The third kappa shape index (κ3) is 3.41. The van der Waals surface area contributed by atoms with Crippen LogP contribution in [0.4, 0.5) is 5.13 Å². The van der Waals surface area contributed by atoms with E-state index in [1.54, 1.807) is 23.5 Å². The summed E-state index contributed by atoms with van der Waals surface area (Å²) in [5.41, 5.74) is 1.49. The van der Waals surface area contributed by atoms with Crippen LogP contribution in [0.3, 0.4) is 0 Å². The molecule has 0 unspecified atom stereocenters. The Balaban J connectivity index is 2.23. The summed E-state index contributed by atoms with van der Waals surface area (Å²) in [5, 5.41) is 10.4. The van der Waals surface area contributed by atoms with E-state index in [2.05, 4.69) is 22.3 Å². The first kappa shape index (κ1) is 13.7. The Bertz CT molecular complexity index is 590. The van der Waals surface area contributed by atoms with E-state index < -0.39 is 0 Å². The Morgan fingerprint density at radius 1 is 1.26 bits per heavy atom. The van der Waals surface area contributed by atoms with Crippen LogP contribution in [0.5, 0.6) is 0 Å². The molecule has 5 nitrogen and oxygen atoms in total. The number of rotatable bonds is 6. The first-order valence-electron chi connectivity index (χ1n) is 6.52. The third-order valence-corrected chi connectivity index (χ3v) is 3.39. The molecule has 19 heavy (non-hydrogen) atoms. The summed E-state index contributed by atoms with van der Waals surface area (Å²) in [6.07, 6.45) is 1.95. The molecular formula is C13H18N4OS. The molecule has 0 spiro atoms. The molecule has 0 fully saturated rings. The number of aryl methyl sites for hydroxylation is 1. The minimum absolute atomic E-state index is 0.0647. The lowest BCUT2D eigenvalue weighted by molar-refractivity contribution is 0.570. The van der Waals surface area contributed by atoms with Crippen molar-refractivity contribution in [3.63, 3.8) is 0 Å². The van der Waals surface area contributed by atoms with E-state index in [1.165, 1.54) is 4.68 Å². The van der Waals surface area contributed by atoms with Gasteiger partial charge in [0.15, 0.2) is 5.13 Å². The van der Waals surface area contributed by atoms with E-state index in [9.17, 15) is 4.79 Å². The zero-order chi connectivity index (χ0) is 13.7. The van der Waals surface area contributed by atoms with Gasteiger partial charge in [0.25, 0.3) is 5.56 Å². The summed E-state index contributed by atoms with van der Waals surface area (Å²) in [6.45, 7) is 5.69. The summed E-state index contributed by atoms with van der Waals surface area (Å²) >= 11 is 1.56. The maximum atomic E-state index is 11.6. The zero-order valence-corrected chi connectivity index (χ0v) is 12.0. The molecule has 0 saturated heterocycles. The summed E-state index contributed by atoms with van der Waals surface area (Å²) < 4.78 is 1.49. The van der Waals surface area contributed by atoms with Crippen LogP contribution in [0.2, 0.25) is 0 Å². The summed E-state index contributed by atoms with van der Waals surface area (Å²) in [4.78, 5) is 16.1. The first-order valence-corrected chi connectivity index (χ1v) is 7.40. The van der Waals surface area contributed by atoms with Gasteiger partial charge in [-0.2, -0.15) is 5.10 Å². The number of nitrogens with zero attached hydrogens (tertiary/aromatic N) is 3. The number of aromatic nitrogens is 3. The van der Waals surface area contributed by atoms with Gasteiger partial charge in [0, 0.05) is 24.5 Å². The van der Waals surface area contributed by atoms with Gasteiger partial charge in [0.1, 0.15) is 11.4 Å². The molecule has 2 rings (SSSR count). The summed E-state index contributed by atoms with van der Waals surface area (Å²) in [5.74, 6) is 0. The monoisotopic (exact) mass is 278 g/mol.